The summed E-state index contributed by atoms with van der Waals surface area (Å²) >= 11 is 0. The van der Waals surface area contributed by atoms with Crippen LogP contribution in [-0.2, 0) is 19.2 Å². The van der Waals surface area contributed by atoms with Gasteiger partial charge in [0.25, 0.3) is 11.8 Å². The predicted octanol–water partition coefficient (Wildman–Crippen LogP) is 4.44. The minimum Gasteiger partial charge on any atom is -0.490 e. The van der Waals surface area contributed by atoms with E-state index in [4.69, 9.17) is 14.3 Å². The number of ketones is 1. The molecule has 1 aliphatic rings. The molecule has 0 aliphatic carbocycles. The van der Waals surface area contributed by atoms with Crippen molar-refractivity contribution in [3.05, 3.63) is 120 Å². The largest absolute Gasteiger partial charge is 0.490 e. The number of hydrogen-bond acceptors (Lipinski definition) is 8. The lowest BCUT2D eigenvalue weighted by atomic mass is 9.95. The fraction of sp³-hybridized carbons (Fsp3) is 0.243. The number of amides is 2. The second-order valence-corrected chi connectivity index (χ2v) is 11.7. The third kappa shape index (κ3) is 8.37. The second-order valence-electron chi connectivity index (χ2n) is 11.7. The zero-order valence-corrected chi connectivity index (χ0v) is 26.6. The van der Waals surface area contributed by atoms with Gasteiger partial charge in [0.15, 0.2) is 5.78 Å². The van der Waals surface area contributed by atoms with Gasteiger partial charge in [-0.05, 0) is 59.2 Å². The molecule has 0 radical (unpaired) electrons. The van der Waals surface area contributed by atoms with Gasteiger partial charge in [-0.15, -0.1) is 0 Å². The van der Waals surface area contributed by atoms with E-state index in [-0.39, 0.29) is 18.4 Å². The van der Waals surface area contributed by atoms with E-state index in [2.05, 4.69) is 16.1 Å². The summed E-state index contributed by atoms with van der Waals surface area (Å²) in [5, 5.41) is 17.1. The van der Waals surface area contributed by atoms with Gasteiger partial charge in [-0.25, -0.2) is 0 Å². The highest BCUT2D eigenvalue weighted by Crippen LogP contribution is 2.27. The Morgan fingerprint density at radius 1 is 0.812 bits per heavy atom. The monoisotopic (exact) mass is 651 g/mol. The lowest BCUT2D eigenvalue weighted by Gasteiger charge is -2.27. The van der Waals surface area contributed by atoms with E-state index >= 15 is 0 Å². The van der Waals surface area contributed by atoms with Gasteiger partial charge in [0, 0.05) is 5.56 Å². The van der Waals surface area contributed by atoms with Gasteiger partial charge in [-0.3, -0.25) is 29.5 Å². The van der Waals surface area contributed by atoms with Crippen LogP contribution in [0.2, 0.25) is 0 Å². The molecular formula is C37H37N3O8. The first-order valence-electron chi connectivity index (χ1n) is 15.5. The number of para-hydroxylation sites is 2. The molecule has 48 heavy (non-hydrogen) atoms. The molecule has 1 aliphatic heterocycles. The van der Waals surface area contributed by atoms with Crippen LogP contribution >= 0.6 is 0 Å². The molecule has 0 fully saturated rings. The Morgan fingerprint density at radius 2 is 1.44 bits per heavy atom. The molecule has 0 saturated heterocycles. The van der Waals surface area contributed by atoms with Crippen molar-refractivity contribution in [3.63, 3.8) is 0 Å². The normalized spacial score (nSPS) is 16.7. The van der Waals surface area contributed by atoms with Crippen molar-refractivity contribution >= 4 is 34.3 Å². The summed E-state index contributed by atoms with van der Waals surface area (Å²) in [7, 11) is 0. The number of fused-ring (bicyclic) bond motifs is 1. The van der Waals surface area contributed by atoms with Crippen LogP contribution in [0.25, 0.3) is 10.8 Å². The molecule has 11 heteroatoms. The summed E-state index contributed by atoms with van der Waals surface area (Å²) in [6.07, 6.45) is 0.818. The van der Waals surface area contributed by atoms with Gasteiger partial charge in [0.2, 0.25) is 5.60 Å². The van der Waals surface area contributed by atoms with Gasteiger partial charge >= 0.3 is 5.97 Å². The minimum absolute atomic E-state index is 0.151. The molecule has 1 unspecified atom stereocenters. The maximum atomic E-state index is 14.0. The first kappa shape index (κ1) is 33.7. The predicted molar refractivity (Wildman–Crippen MR) is 178 cm³/mol. The molecule has 0 bridgehead atoms. The van der Waals surface area contributed by atoms with E-state index in [9.17, 15) is 24.3 Å². The first-order valence-corrected chi connectivity index (χ1v) is 15.5. The highest BCUT2D eigenvalue weighted by atomic mass is 16.7. The zero-order chi connectivity index (χ0) is 34.1. The lowest BCUT2D eigenvalue weighted by Crippen LogP contribution is -2.56. The van der Waals surface area contributed by atoms with Crippen molar-refractivity contribution in [1.82, 2.24) is 16.1 Å². The summed E-state index contributed by atoms with van der Waals surface area (Å²) in [6, 6.07) is 28.4. The molecule has 11 nitrogen and oxygen atoms in total. The quantitative estimate of drug-likeness (QED) is 0.146. The Kier molecular flexibility index (Phi) is 10.7. The van der Waals surface area contributed by atoms with E-state index < -0.39 is 48.4 Å². The summed E-state index contributed by atoms with van der Waals surface area (Å²) in [6.45, 7) is 3.01. The number of benzene rings is 4. The number of aliphatic carboxylic acids is 1. The summed E-state index contributed by atoms with van der Waals surface area (Å²) < 4.78 is 11.5. The number of carboxylic acids is 1. The van der Waals surface area contributed by atoms with Crippen molar-refractivity contribution in [2.24, 2.45) is 5.92 Å². The molecule has 5 rings (SSSR count). The Balaban J connectivity index is 1.39. The summed E-state index contributed by atoms with van der Waals surface area (Å²) in [5.41, 5.74) is 1.81. The molecule has 4 aromatic rings. The number of nitrogens with one attached hydrogen (secondary N) is 3. The minimum atomic E-state index is -1.84. The Labute approximate surface area is 277 Å². The van der Waals surface area contributed by atoms with Crippen LogP contribution in [-0.4, -0.2) is 59.6 Å². The van der Waals surface area contributed by atoms with Crippen LogP contribution in [0, 0.1) is 5.92 Å². The summed E-state index contributed by atoms with van der Waals surface area (Å²) in [4.78, 5) is 58.2. The van der Waals surface area contributed by atoms with Crippen molar-refractivity contribution in [2.75, 3.05) is 13.2 Å². The van der Waals surface area contributed by atoms with E-state index in [1.807, 2.05) is 56.3 Å². The molecule has 2 amide bonds. The Morgan fingerprint density at radius 3 is 2.08 bits per heavy atom. The van der Waals surface area contributed by atoms with E-state index in [0.29, 0.717) is 22.8 Å². The molecule has 248 valence electrons. The number of hydroxylamine groups is 1. The topological polar surface area (TPSA) is 152 Å². The van der Waals surface area contributed by atoms with Crippen molar-refractivity contribution < 1.29 is 38.6 Å². The van der Waals surface area contributed by atoms with Crippen LogP contribution in [0.1, 0.15) is 30.6 Å². The van der Waals surface area contributed by atoms with E-state index in [1.165, 1.54) is 6.08 Å². The van der Waals surface area contributed by atoms with Gasteiger partial charge in [0.05, 0.1) is 18.2 Å². The number of carboxylic acid groups (broad SMARTS) is 1. The lowest BCUT2D eigenvalue weighted by molar-refractivity contribution is -0.151. The number of carbonyl (C=O) groups excluding carboxylic acids is 3. The Hall–Kier alpha value is -5.68. The highest BCUT2D eigenvalue weighted by Gasteiger charge is 2.47. The van der Waals surface area contributed by atoms with Crippen LogP contribution in [0.15, 0.2) is 115 Å². The average Bonchev–Trinajstić information content (AvgIpc) is 3.54. The standard InChI is InChI=1S/C37H37N3O8/c1-24(2)34(39-35(44)27-18-17-25-11-9-10-12-26(25)19-27)31-21-37(48-40-31,23-47-29-15-7-4-8-16-29)36(45)38-30(20-33(42)43)32(41)22-46-28-13-5-3-6-14-28/h3-19,21,24,30,34,40H,20,22-23H2,1-2H3,(H,38,45)(H,39,44)(H,42,43)/t30-,34-,37?/m0/s1. The molecule has 4 aromatic carbocycles. The summed E-state index contributed by atoms with van der Waals surface area (Å²) in [5.74, 6) is -2.36. The highest BCUT2D eigenvalue weighted by molar-refractivity contribution is 5.99. The molecule has 0 saturated carbocycles. The average molecular weight is 652 g/mol. The molecule has 0 aromatic heterocycles. The Bertz CT molecular complexity index is 1790. The molecule has 0 spiro atoms. The smallest absolute Gasteiger partial charge is 0.305 e. The number of ether oxygens (including phenoxy) is 2. The van der Waals surface area contributed by atoms with Gasteiger partial charge in [-0.2, -0.15) is 0 Å². The maximum Gasteiger partial charge on any atom is 0.305 e. The van der Waals surface area contributed by atoms with E-state index in [0.717, 1.165) is 10.8 Å². The molecule has 3 atom stereocenters. The molecule has 4 N–H and O–H groups in total. The SMILES string of the molecule is CC(C)[C@H](NC(=O)c1ccc2ccccc2c1)C1=CC(COc2ccccc2)(C(=O)N[C@@H](CC(=O)O)C(=O)COc2ccccc2)ON1. The van der Waals surface area contributed by atoms with Crippen LogP contribution < -0.4 is 25.6 Å². The number of rotatable bonds is 15. The maximum absolute atomic E-state index is 14.0. The third-order valence-electron chi connectivity index (χ3n) is 7.82. The zero-order valence-electron chi connectivity index (χ0n) is 26.6. The van der Waals surface area contributed by atoms with Gasteiger partial charge < -0.3 is 25.2 Å². The van der Waals surface area contributed by atoms with Gasteiger partial charge in [-0.1, -0.05) is 80.6 Å². The first-order chi connectivity index (χ1) is 23.1. The van der Waals surface area contributed by atoms with Crippen LogP contribution in [0.3, 0.4) is 0 Å². The van der Waals surface area contributed by atoms with Crippen molar-refractivity contribution in [2.45, 2.75) is 38.0 Å². The van der Waals surface area contributed by atoms with Crippen LogP contribution in [0.4, 0.5) is 0 Å². The van der Waals surface area contributed by atoms with Gasteiger partial charge in [0.1, 0.15) is 30.8 Å². The number of carbonyl (C=O) groups is 4. The second kappa shape index (κ2) is 15.3. The van der Waals surface area contributed by atoms with Crippen LogP contribution in [0.5, 0.6) is 11.5 Å². The fourth-order valence-electron chi connectivity index (χ4n) is 5.20. The van der Waals surface area contributed by atoms with Crippen molar-refractivity contribution in [1.29, 1.82) is 0 Å². The third-order valence-corrected chi connectivity index (χ3v) is 7.82. The van der Waals surface area contributed by atoms with E-state index in [1.54, 1.807) is 60.7 Å². The molecular weight excluding hydrogens is 614 g/mol. The van der Waals surface area contributed by atoms with Crippen molar-refractivity contribution in [3.8, 4) is 11.5 Å². The fourth-order valence-corrected chi connectivity index (χ4v) is 5.20. The number of Topliss-reactive ketones (excluding diaryl/α,β-unsaturated/α-hetero) is 1. The molecule has 1 heterocycles. The number of hydrogen-bond donors (Lipinski definition) is 4.